The summed E-state index contributed by atoms with van der Waals surface area (Å²) < 4.78 is 7.27. The molecule has 0 spiro atoms. The maximum atomic E-state index is 13.5. The summed E-state index contributed by atoms with van der Waals surface area (Å²) in [5.41, 5.74) is 2.30. The summed E-state index contributed by atoms with van der Waals surface area (Å²) in [4.78, 5) is 91.1. The van der Waals surface area contributed by atoms with E-state index in [1.54, 1.807) is 35.0 Å². The number of rotatable bonds is 14. The summed E-state index contributed by atoms with van der Waals surface area (Å²) in [6, 6.07) is 11.3. The third-order valence-electron chi connectivity index (χ3n) is 12.6. The number of carbonyl (C=O) groups is 5. The lowest BCUT2D eigenvalue weighted by molar-refractivity contribution is -0.136. The number of likely N-dealkylation sites (tertiary alicyclic amines) is 1. The molecule has 4 N–H and O–H groups in total. The number of ether oxygens (including phenoxy) is 1. The molecule has 8 rings (SSSR count). The molecule has 0 saturated carbocycles. The van der Waals surface area contributed by atoms with E-state index < -0.39 is 29.7 Å². The predicted octanol–water partition coefficient (Wildman–Crippen LogP) is 4.73. The highest BCUT2D eigenvalue weighted by molar-refractivity contribution is 6.33. The number of hydrogen-bond acceptors (Lipinski definition) is 13. The lowest BCUT2D eigenvalue weighted by Gasteiger charge is -2.37. The third kappa shape index (κ3) is 9.35. The van der Waals surface area contributed by atoms with Gasteiger partial charge >= 0.3 is 0 Å². The first kappa shape index (κ1) is 43.6. The number of amides is 5. The fourth-order valence-electron chi connectivity index (χ4n) is 9.18. The number of imide groups is 2. The van der Waals surface area contributed by atoms with Crippen LogP contribution in [-0.2, 0) is 14.4 Å². The van der Waals surface area contributed by atoms with Crippen LogP contribution >= 0.6 is 11.6 Å². The molecular formula is C45H53ClN10O7. The van der Waals surface area contributed by atoms with Gasteiger partial charge in [0.05, 0.1) is 22.8 Å². The van der Waals surface area contributed by atoms with Gasteiger partial charge in [-0.1, -0.05) is 17.7 Å². The molecule has 1 atom stereocenters. The van der Waals surface area contributed by atoms with E-state index in [1.807, 2.05) is 32.0 Å². The van der Waals surface area contributed by atoms with Gasteiger partial charge in [-0.2, -0.15) is 4.98 Å². The van der Waals surface area contributed by atoms with Crippen LogP contribution in [0, 0.1) is 11.8 Å². The lowest BCUT2D eigenvalue weighted by Crippen LogP contribution is -2.54. The monoisotopic (exact) mass is 880 g/mol. The Morgan fingerprint density at radius 3 is 2.44 bits per heavy atom. The van der Waals surface area contributed by atoms with Crippen molar-refractivity contribution in [2.24, 2.45) is 11.8 Å². The zero-order valence-corrected chi connectivity index (χ0v) is 36.5. The maximum absolute atomic E-state index is 13.5. The van der Waals surface area contributed by atoms with Crippen LogP contribution in [0.15, 0.2) is 53.5 Å². The Labute approximate surface area is 369 Å². The molecule has 0 radical (unpaired) electrons. The van der Waals surface area contributed by atoms with Gasteiger partial charge in [-0.25, -0.2) is 4.98 Å². The molecule has 4 aliphatic heterocycles. The fraction of sp³-hybridized carbons (Fsp3) is 0.467. The molecule has 2 aromatic heterocycles. The number of anilines is 4. The average Bonchev–Trinajstić information content (AvgIpc) is 3.53. The summed E-state index contributed by atoms with van der Waals surface area (Å²) in [6.07, 6.45) is 6.98. The highest BCUT2D eigenvalue weighted by atomic mass is 35.5. The van der Waals surface area contributed by atoms with Crippen LogP contribution in [0.5, 0.6) is 5.75 Å². The second-order valence-corrected chi connectivity index (χ2v) is 17.5. The Morgan fingerprint density at radius 1 is 0.952 bits per heavy atom. The normalized spacial score (nSPS) is 18.8. The molecule has 3 saturated heterocycles. The minimum atomic E-state index is -0.991. The highest BCUT2D eigenvalue weighted by Gasteiger charge is 2.45. The van der Waals surface area contributed by atoms with Crippen molar-refractivity contribution >= 4 is 75.2 Å². The number of nitrogens with one attached hydrogen (secondary N) is 4. The van der Waals surface area contributed by atoms with Crippen molar-refractivity contribution < 1.29 is 28.7 Å². The number of aromatic nitrogens is 3. The minimum Gasteiger partial charge on any atom is -0.478 e. The Bertz CT molecular complexity index is 2500. The van der Waals surface area contributed by atoms with Gasteiger partial charge in [0.2, 0.25) is 17.8 Å². The van der Waals surface area contributed by atoms with Crippen LogP contribution in [0.25, 0.3) is 10.9 Å². The first-order valence-electron chi connectivity index (χ1n) is 21.8. The first-order valence-corrected chi connectivity index (χ1v) is 22.1. The molecule has 4 aliphatic rings. The number of carbonyl (C=O) groups excluding carboxylic acids is 5. The predicted molar refractivity (Wildman–Crippen MR) is 239 cm³/mol. The molecule has 6 heterocycles. The summed E-state index contributed by atoms with van der Waals surface area (Å²) in [5.74, 6) is -0.0790. The smallest absolute Gasteiger partial charge is 0.293 e. The number of nitrogens with zero attached hydrogens (tertiary/aromatic N) is 6. The molecule has 332 valence electrons. The topological polar surface area (TPSA) is 200 Å². The molecule has 17 nitrogen and oxygen atoms in total. The van der Waals surface area contributed by atoms with E-state index in [0.29, 0.717) is 46.5 Å². The van der Waals surface area contributed by atoms with Gasteiger partial charge in [0, 0.05) is 62.5 Å². The van der Waals surface area contributed by atoms with E-state index in [9.17, 15) is 28.8 Å². The number of likely N-dealkylation sites (N-methyl/N-ethyl adjacent to an activating group) is 1. The van der Waals surface area contributed by atoms with Crippen molar-refractivity contribution in [3.8, 4) is 5.75 Å². The molecular weight excluding hydrogens is 828 g/mol. The van der Waals surface area contributed by atoms with Crippen LogP contribution in [0.4, 0.5) is 23.1 Å². The van der Waals surface area contributed by atoms with Gasteiger partial charge in [-0.05, 0) is 114 Å². The van der Waals surface area contributed by atoms with Crippen LogP contribution in [0.1, 0.15) is 85.6 Å². The van der Waals surface area contributed by atoms with E-state index in [0.717, 1.165) is 80.6 Å². The molecule has 63 heavy (non-hydrogen) atoms. The van der Waals surface area contributed by atoms with Gasteiger partial charge < -0.3 is 35.1 Å². The lowest BCUT2D eigenvalue weighted by atomic mass is 9.91. The largest absolute Gasteiger partial charge is 0.478 e. The second kappa shape index (κ2) is 18.7. The molecule has 3 fully saturated rings. The Hall–Kier alpha value is -6.07. The minimum absolute atomic E-state index is 0.0815. The van der Waals surface area contributed by atoms with Crippen molar-refractivity contribution in [2.45, 2.75) is 70.9 Å². The van der Waals surface area contributed by atoms with Crippen molar-refractivity contribution in [3.63, 3.8) is 0 Å². The van der Waals surface area contributed by atoms with Gasteiger partial charge in [-0.15, -0.1) is 0 Å². The average molecular weight is 881 g/mol. The number of pyridine rings is 1. The number of fused-ring (bicyclic) bond motifs is 2. The molecule has 5 amide bonds. The van der Waals surface area contributed by atoms with E-state index in [1.165, 1.54) is 7.05 Å². The summed E-state index contributed by atoms with van der Waals surface area (Å²) in [7, 11) is 1.51. The summed E-state index contributed by atoms with van der Waals surface area (Å²) in [6.45, 7) is 9.01. The first-order chi connectivity index (χ1) is 30.4. The van der Waals surface area contributed by atoms with Crippen LogP contribution < -0.4 is 36.5 Å². The van der Waals surface area contributed by atoms with E-state index in [2.05, 4.69) is 36.1 Å². The summed E-state index contributed by atoms with van der Waals surface area (Å²) >= 11 is 6.60. The van der Waals surface area contributed by atoms with Crippen molar-refractivity contribution in [1.29, 1.82) is 0 Å². The van der Waals surface area contributed by atoms with Gasteiger partial charge in [0.15, 0.2) is 18.2 Å². The fourth-order valence-corrected chi connectivity index (χ4v) is 9.31. The number of hydrogen-bond donors (Lipinski definition) is 4. The molecule has 18 heteroatoms. The van der Waals surface area contributed by atoms with E-state index in [4.69, 9.17) is 21.3 Å². The van der Waals surface area contributed by atoms with Gasteiger partial charge in [0.1, 0.15) is 11.1 Å². The highest BCUT2D eigenvalue weighted by Crippen LogP contribution is 2.34. The molecule has 1 unspecified atom stereocenters. The zero-order valence-electron chi connectivity index (χ0n) is 35.7. The van der Waals surface area contributed by atoms with Crippen LogP contribution in [0.3, 0.4) is 0 Å². The van der Waals surface area contributed by atoms with Gasteiger partial charge in [-0.3, -0.25) is 39.0 Å². The second-order valence-electron chi connectivity index (χ2n) is 17.1. The summed E-state index contributed by atoms with van der Waals surface area (Å²) in [5, 5.41) is 12.6. The third-order valence-corrected chi connectivity index (χ3v) is 12.9. The standard InChI is InChI=1S/C45H53ClN10O7/c1-26(2)55-34-8-7-30(21-29(34)22-36(43(55)61)63-25-38(58)47-3)50-40-32(46)23-49-45(52-40)54-19-14-28(15-20-54)24-53-17-12-27(13-18-53)11-16-48-33-6-4-5-31-39(33)44(62)56(42(31)60)35-9-10-37(57)51-41(35)59/h4-8,21-23,26-28,35,48H,9-20,24-25H2,1-3H3,(H,47,58)(H,49,50,52)(H,51,57,59). The van der Waals surface area contributed by atoms with Crippen LogP contribution in [0.2, 0.25) is 5.02 Å². The Kier molecular flexibility index (Phi) is 13.0. The van der Waals surface area contributed by atoms with Crippen molar-refractivity contribution in [2.75, 3.05) is 68.5 Å². The molecule has 4 aromatic rings. The van der Waals surface area contributed by atoms with Crippen molar-refractivity contribution in [3.05, 3.63) is 75.2 Å². The number of halogens is 1. The molecule has 0 aliphatic carbocycles. The van der Waals surface area contributed by atoms with E-state index in [-0.39, 0.29) is 53.8 Å². The SMILES string of the molecule is CNC(=O)COc1cc2cc(Nc3nc(N4CCC(CN5CCC(CCNc6cccc7c6C(=O)N(C6CCC(=O)NC6=O)C7=O)CC5)CC4)ncc3Cl)ccc2n(C(C)C)c1=O. The number of piperidine rings is 3. The molecule has 2 aromatic carbocycles. The quantitative estimate of drug-likeness (QED) is 0.127. The maximum Gasteiger partial charge on any atom is 0.293 e. The van der Waals surface area contributed by atoms with Crippen molar-refractivity contribution in [1.82, 2.24) is 35.0 Å². The zero-order chi connectivity index (χ0) is 44.4. The Morgan fingerprint density at radius 2 is 1.71 bits per heavy atom. The van der Waals surface area contributed by atoms with Crippen LogP contribution in [-0.4, -0.2) is 113 Å². The van der Waals surface area contributed by atoms with Gasteiger partial charge in [0.25, 0.3) is 23.3 Å². The molecule has 0 bridgehead atoms. The van der Waals surface area contributed by atoms with E-state index >= 15 is 0 Å². The number of benzene rings is 2. The Balaban J connectivity index is 0.806.